The number of hydrogen-bond acceptors (Lipinski definition) is 6. The van der Waals surface area contributed by atoms with Crippen LogP contribution in [0.4, 0.5) is 5.69 Å². The minimum Gasteiger partial charge on any atom is -0.497 e. The summed E-state index contributed by atoms with van der Waals surface area (Å²) in [6.45, 7) is 8.12. The van der Waals surface area contributed by atoms with Gasteiger partial charge in [0.25, 0.3) is 0 Å². The zero-order chi connectivity index (χ0) is 20.1. The third kappa shape index (κ3) is 4.70. The number of aromatic nitrogens is 4. The second-order valence-electron chi connectivity index (χ2n) is 8.04. The van der Waals surface area contributed by atoms with Crippen LogP contribution in [0.3, 0.4) is 0 Å². The molecule has 3 heterocycles. The number of nitrogens with one attached hydrogen (secondary N) is 1. The van der Waals surface area contributed by atoms with Crippen molar-refractivity contribution < 1.29 is 14.4 Å². The number of methoxy groups -OCH3 is 1. The molecule has 0 radical (unpaired) electrons. The molecule has 2 aromatic rings. The zero-order valence-electron chi connectivity index (χ0n) is 17.6. The quantitative estimate of drug-likeness (QED) is 0.715. The maximum atomic E-state index is 5.81. The van der Waals surface area contributed by atoms with Crippen molar-refractivity contribution in [3.8, 4) is 5.75 Å². The monoisotopic (exact) mass is 401 g/mol. The van der Waals surface area contributed by atoms with Gasteiger partial charge in [-0.1, -0.05) is 13.3 Å². The van der Waals surface area contributed by atoms with E-state index in [0.717, 1.165) is 76.6 Å². The van der Waals surface area contributed by atoms with E-state index < -0.39 is 0 Å². The van der Waals surface area contributed by atoms with E-state index in [-0.39, 0.29) is 6.10 Å². The Morgan fingerprint density at radius 3 is 2.69 bits per heavy atom. The van der Waals surface area contributed by atoms with Gasteiger partial charge in [-0.15, -0.1) is 5.10 Å². The summed E-state index contributed by atoms with van der Waals surface area (Å²) in [5.74, 6) is 1.93. The van der Waals surface area contributed by atoms with Gasteiger partial charge in [-0.2, -0.15) is 0 Å². The second kappa shape index (κ2) is 9.54. The number of rotatable bonds is 8. The van der Waals surface area contributed by atoms with Crippen LogP contribution in [-0.2, 0) is 11.3 Å². The third-order valence-corrected chi connectivity index (χ3v) is 6.19. The van der Waals surface area contributed by atoms with Gasteiger partial charge in [0.1, 0.15) is 11.8 Å². The van der Waals surface area contributed by atoms with E-state index in [1.165, 1.54) is 5.69 Å². The molecular weight excluding hydrogens is 368 g/mol. The molecule has 2 aliphatic heterocycles. The van der Waals surface area contributed by atoms with Crippen LogP contribution in [0.15, 0.2) is 24.3 Å². The Balaban J connectivity index is 1.41. The predicted octanol–water partition coefficient (Wildman–Crippen LogP) is 1.11. The maximum Gasteiger partial charge on any atom is 0.209 e. The topological polar surface area (TPSA) is 69.7 Å². The largest absolute Gasteiger partial charge is 0.497 e. The lowest BCUT2D eigenvalue weighted by atomic mass is 10.1. The first-order valence-corrected chi connectivity index (χ1v) is 10.9. The predicted molar refractivity (Wildman–Crippen MR) is 110 cm³/mol. The number of anilines is 1. The summed E-state index contributed by atoms with van der Waals surface area (Å²) in [4.78, 5) is 4.04. The van der Waals surface area contributed by atoms with Crippen molar-refractivity contribution in [1.29, 1.82) is 0 Å². The molecule has 0 spiro atoms. The highest BCUT2D eigenvalue weighted by Gasteiger charge is 2.33. The van der Waals surface area contributed by atoms with Crippen LogP contribution in [0.5, 0.6) is 5.75 Å². The highest BCUT2D eigenvalue weighted by molar-refractivity contribution is 5.49. The summed E-state index contributed by atoms with van der Waals surface area (Å²) in [5, 5.41) is 12.8. The first-order valence-electron chi connectivity index (χ1n) is 10.9. The molecule has 8 nitrogen and oxygen atoms in total. The summed E-state index contributed by atoms with van der Waals surface area (Å²) in [6, 6.07) is 8.71. The van der Waals surface area contributed by atoms with E-state index in [9.17, 15) is 0 Å². The Labute approximate surface area is 172 Å². The van der Waals surface area contributed by atoms with Crippen molar-refractivity contribution in [1.82, 2.24) is 20.2 Å². The van der Waals surface area contributed by atoms with Crippen LogP contribution in [0.1, 0.15) is 44.5 Å². The second-order valence-corrected chi connectivity index (χ2v) is 8.04. The Morgan fingerprint density at radius 1 is 1.24 bits per heavy atom. The molecular formula is C21H33N6O2+. The summed E-state index contributed by atoms with van der Waals surface area (Å²) < 4.78 is 13.1. The van der Waals surface area contributed by atoms with Crippen LogP contribution < -0.4 is 14.5 Å². The van der Waals surface area contributed by atoms with Crippen LogP contribution in [0.25, 0.3) is 0 Å². The van der Waals surface area contributed by atoms with Gasteiger partial charge in [-0.25, -0.2) is 4.68 Å². The molecule has 8 heteroatoms. The smallest absolute Gasteiger partial charge is 0.209 e. The van der Waals surface area contributed by atoms with Gasteiger partial charge >= 0.3 is 0 Å². The fourth-order valence-corrected chi connectivity index (χ4v) is 4.57. The van der Waals surface area contributed by atoms with Gasteiger partial charge in [0.15, 0.2) is 0 Å². The highest BCUT2D eigenvalue weighted by Crippen LogP contribution is 2.20. The zero-order valence-corrected chi connectivity index (χ0v) is 17.6. The number of benzene rings is 1. The van der Waals surface area contributed by atoms with E-state index >= 15 is 0 Å². The fourth-order valence-electron chi connectivity index (χ4n) is 4.57. The molecule has 2 fully saturated rings. The Bertz CT molecular complexity index is 751. The highest BCUT2D eigenvalue weighted by atomic mass is 16.5. The number of quaternary nitrogens is 1. The Kier molecular flexibility index (Phi) is 6.61. The van der Waals surface area contributed by atoms with Gasteiger partial charge in [0.2, 0.25) is 5.82 Å². The first kappa shape index (κ1) is 20.1. The minimum atomic E-state index is 0.251. The number of ether oxygens (including phenoxy) is 2. The van der Waals surface area contributed by atoms with E-state index in [0.29, 0.717) is 6.04 Å². The van der Waals surface area contributed by atoms with Gasteiger partial charge in [-0.05, 0) is 47.5 Å². The van der Waals surface area contributed by atoms with Crippen LogP contribution in [0.2, 0.25) is 0 Å². The number of tetrazole rings is 1. The minimum absolute atomic E-state index is 0.251. The SMILES string of the molecule is CCC[C@@H](c1nnnn1C[C@@H]1CCCO1)[NH+]1CCN(c2ccc(OC)cc2)CC1. The molecule has 158 valence electrons. The van der Waals surface area contributed by atoms with Gasteiger partial charge < -0.3 is 19.3 Å². The van der Waals surface area contributed by atoms with Crippen molar-refractivity contribution in [3.05, 3.63) is 30.1 Å². The van der Waals surface area contributed by atoms with Crippen molar-refractivity contribution >= 4 is 5.69 Å². The van der Waals surface area contributed by atoms with Crippen molar-refractivity contribution in [2.75, 3.05) is 44.8 Å². The number of piperazine rings is 1. The average molecular weight is 402 g/mol. The normalized spacial score (nSPS) is 21.4. The standard InChI is InChI=1S/C21H32N6O2/c1-3-5-20(21-22-23-24-27(21)16-19-6-4-15-29-19)26-13-11-25(12-14-26)17-7-9-18(28-2)10-8-17/h7-10,19-20H,3-6,11-16H2,1-2H3/p+1/t19-,20-/m0/s1. The molecule has 29 heavy (non-hydrogen) atoms. The molecule has 0 bridgehead atoms. The lowest BCUT2D eigenvalue weighted by Gasteiger charge is -2.37. The van der Waals surface area contributed by atoms with Gasteiger partial charge in [-0.3, -0.25) is 0 Å². The van der Waals surface area contributed by atoms with E-state index in [4.69, 9.17) is 9.47 Å². The van der Waals surface area contributed by atoms with Gasteiger partial charge in [0, 0.05) is 18.7 Å². The number of nitrogens with zero attached hydrogens (tertiary/aromatic N) is 5. The molecule has 2 saturated heterocycles. The molecule has 1 aromatic heterocycles. The summed E-state index contributed by atoms with van der Waals surface area (Å²) >= 11 is 0. The molecule has 2 atom stereocenters. The Morgan fingerprint density at radius 2 is 2.03 bits per heavy atom. The molecule has 0 saturated carbocycles. The molecule has 0 aliphatic carbocycles. The van der Waals surface area contributed by atoms with Crippen LogP contribution in [0, 0.1) is 0 Å². The van der Waals surface area contributed by atoms with E-state index in [2.05, 4.69) is 39.5 Å². The average Bonchev–Trinajstić information content (AvgIpc) is 3.45. The molecule has 1 N–H and O–H groups in total. The summed E-state index contributed by atoms with van der Waals surface area (Å²) in [5.41, 5.74) is 1.26. The lowest BCUT2D eigenvalue weighted by molar-refractivity contribution is -0.933. The fraction of sp³-hybridized carbons (Fsp3) is 0.667. The Hall–Kier alpha value is -2.19. The maximum absolute atomic E-state index is 5.81. The first-order chi connectivity index (χ1) is 14.3. The van der Waals surface area contributed by atoms with E-state index in [1.54, 1.807) is 12.0 Å². The molecule has 4 rings (SSSR count). The molecule has 2 aliphatic rings. The summed E-state index contributed by atoms with van der Waals surface area (Å²) in [7, 11) is 1.71. The van der Waals surface area contributed by atoms with Crippen molar-refractivity contribution in [3.63, 3.8) is 0 Å². The lowest BCUT2D eigenvalue weighted by Crippen LogP contribution is -3.15. The van der Waals surface area contributed by atoms with E-state index in [1.807, 2.05) is 16.8 Å². The van der Waals surface area contributed by atoms with Crippen molar-refractivity contribution in [2.24, 2.45) is 0 Å². The molecule has 0 unspecified atom stereocenters. The van der Waals surface area contributed by atoms with Crippen LogP contribution in [-0.4, -0.2) is 66.2 Å². The van der Waals surface area contributed by atoms with Crippen LogP contribution >= 0.6 is 0 Å². The molecule has 1 aromatic carbocycles. The molecule has 0 amide bonds. The summed E-state index contributed by atoms with van der Waals surface area (Å²) in [6.07, 6.45) is 4.72. The number of hydrogen-bond donors (Lipinski definition) is 1. The van der Waals surface area contributed by atoms with Crippen molar-refractivity contribution in [2.45, 2.75) is 51.3 Å². The van der Waals surface area contributed by atoms with Gasteiger partial charge in [0.05, 0.1) is 45.9 Å². The third-order valence-electron chi connectivity index (χ3n) is 6.19.